The van der Waals surface area contributed by atoms with Gasteiger partial charge >= 0.3 is 0 Å². The van der Waals surface area contributed by atoms with Gasteiger partial charge in [-0.2, -0.15) is 0 Å². The first kappa shape index (κ1) is 10.5. The van der Waals surface area contributed by atoms with Gasteiger partial charge in [-0.15, -0.1) is 0 Å². The van der Waals surface area contributed by atoms with Crippen LogP contribution >= 0.6 is 0 Å². The molecular formula is C14H24. The summed E-state index contributed by atoms with van der Waals surface area (Å²) in [6.45, 7) is 0. The number of hydrogen-bond donors (Lipinski definition) is 0. The highest BCUT2D eigenvalue weighted by atomic mass is 14.3. The molecule has 0 saturated heterocycles. The van der Waals surface area contributed by atoms with Crippen molar-refractivity contribution in [1.29, 1.82) is 0 Å². The van der Waals surface area contributed by atoms with Crippen LogP contribution in [0.5, 0.6) is 0 Å². The molecule has 80 valence electrons. The number of rotatable bonds is 1. The van der Waals surface area contributed by atoms with Crippen molar-refractivity contribution in [3.8, 4) is 0 Å². The van der Waals surface area contributed by atoms with Crippen molar-refractivity contribution in [2.24, 2.45) is 11.8 Å². The first-order valence-electron chi connectivity index (χ1n) is 6.70. The highest BCUT2D eigenvalue weighted by Crippen LogP contribution is 2.35. The maximum Gasteiger partial charge on any atom is -0.0137 e. The van der Waals surface area contributed by atoms with E-state index in [1.165, 1.54) is 70.6 Å². The van der Waals surface area contributed by atoms with Crippen LogP contribution in [-0.2, 0) is 0 Å². The third-order valence-corrected chi connectivity index (χ3v) is 4.07. The average molecular weight is 192 g/mol. The molecule has 0 spiro atoms. The quantitative estimate of drug-likeness (QED) is 0.532. The van der Waals surface area contributed by atoms with Crippen LogP contribution in [0.4, 0.5) is 0 Å². The molecule has 0 aliphatic heterocycles. The third-order valence-electron chi connectivity index (χ3n) is 4.07. The third kappa shape index (κ3) is 3.00. The summed E-state index contributed by atoms with van der Waals surface area (Å²) in [5, 5.41) is 0. The molecule has 0 heterocycles. The molecule has 0 nitrogen and oxygen atoms in total. The summed E-state index contributed by atoms with van der Waals surface area (Å²) in [5.41, 5.74) is 0. The Morgan fingerprint density at radius 2 is 1.29 bits per heavy atom. The smallest absolute Gasteiger partial charge is 0.0137 e. The van der Waals surface area contributed by atoms with E-state index < -0.39 is 0 Å². The molecule has 0 bridgehead atoms. The van der Waals surface area contributed by atoms with E-state index in [2.05, 4.69) is 6.42 Å². The molecule has 0 aromatic carbocycles. The monoisotopic (exact) mass is 192 g/mol. The fourth-order valence-electron chi connectivity index (χ4n) is 3.17. The minimum absolute atomic E-state index is 0.871. The molecule has 2 rings (SSSR count). The van der Waals surface area contributed by atoms with Crippen molar-refractivity contribution in [3.63, 3.8) is 0 Å². The molecule has 14 heavy (non-hydrogen) atoms. The number of hydrogen-bond acceptors (Lipinski definition) is 0. The minimum atomic E-state index is 0.871. The normalized spacial score (nSPS) is 28.3. The zero-order valence-corrected chi connectivity index (χ0v) is 9.43. The Morgan fingerprint density at radius 1 is 0.643 bits per heavy atom. The van der Waals surface area contributed by atoms with Crippen LogP contribution in [0.2, 0.25) is 0 Å². The molecule has 0 aromatic rings. The molecule has 2 radical (unpaired) electrons. The lowest BCUT2D eigenvalue weighted by atomic mass is 9.81. The maximum atomic E-state index is 3.78. The highest BCUT2D eigenvalue weighted by Gasteiger charge is 2.23. The highest BCUT2D eigenvalue weighted by molar-refractivity contribution is 4.85. The molecule has 2 aliphatic rings. The Labute approximate surface area is 89.5 Å². The van der Waals surface area contributed by atoms with E-state index in [0.29, 0.717) is 0 Å². The largest absolute Gasteiger partial charge is 0.0533 e. The van der Waals surface area contributed by atoms with E-state index in [1.807, 2.05) is 0 Å². The summed E-state index contributed by atoms with van der Waals surface area (Å²) in [6.07, 6.45) is 19.8. The van der Waals surface area contributed by atoms with Crippen molar-refractivity contribution < 1.29 is 0 Å². The Morgan fingerprint density at radius 3 is 2.07 bits per heavy atom. The van der Waals surface area contributed by atoms with Gasteiger partial charge in [-0.05, 0) is 31.1 Å². The van der Waals surface area contributed by atoms with Gasteiger partial charge in [-0.25, -0.2) is 0 Å². The van der Waals surface area contributed by atoms with E-state index in [4.69, 9.17) is 0 Å². The van der Waals surface area contributed by atoms with Crippen LogP contribution in [0.15, 0.2) is 0 Å². The zero-order valence-electron chi connectivity index (χ0n) is 9.43. The molecule has 2 saturated carbocycles. The summed E-state index contributed by atoms with van der Waals surface area (Å²) in [7, 11) is 0. The topological polar surface area (TPSA) is 0 Å². The van der Waals surface area contributed by atoms with Crippen LogP contribution in [0.25, 0.3) is 0 Å². The maximum absolute atomic E-state index is 3.78. The van der Waals surface area contributed by atoms with E-state index in [0.717, 1.165) is 11.8 Å². The lowest BCUT2D eigenvalue weighted by molar-refractivity contribution is 0.314. The molecule has 2 aliphatic carbocycles. The van der Waals surface area contributed by atoms with Gasteiger partial charge in [0.25, 0.3) is 0 Å². The fraction of sp³-hybridized carbons (Fsp3) is 0.929. The average Bonchev–Trinajstić information content (AvgIpc) is 2.62. The van der Waals surface area contributed by atoms with Crippen molar-refractivity contribution in [2.45, 2.75) is 70.6 Å². The van der Waals surface area contributed by atoms with Crippen LogP contribution in [0, 0.1) is 18.3 Å². The summed E-state index contributed by atoms with van der Waals surface area (Å²) < 4.78 is 0. The fourth-order valence-corrected chi connectivity index (χ4v) is 3.17. The Hall–Kier alpha value is 0. The van der Waals surface area contributed by atoms with Crippen molar-refractivity contribution >= 4 is 0 Å². The summed E-state index contributed by atoms with van der Waals surface area (Å²) >= 11 is 0. The molecule has 1 atom stereocenters. The van der Waals surface area contributed by atoms with Gasteiger partial charge in [0.1, 0.15) is 0 Å². The second-order valence-corrected chi connectivity index (χ2v) is 5.16. The zero-order chi connectivity index (χ0) is 9.64. The molecular weight excluding hydrogens is 168 g/mol. The van der Waals surface area contributed by atoms with E-state index in [-0.39, 0.29) is 0 Å². The van der Waals surface area contributed by atoms with E-state index in [9.17, 15) is 0 Å². The standard InChI is InChI=1S/C14H24/c1-2-6-10-13(9-5-1)14-11-7-3-4-8-12-14/h13-14H,1-11H2. The molecule has 2 fully saturated rings. The lowest BCUT2D eigenvalue weighted by Crippen LogP contribution is -2.14. The van der Waals surface area contributed by atoms with Crippen LogP contribution < -0.4 is 0 Å². The summed E-state index contributed by atoms with van der Waals surface area (Å²) in [4.78, 5) is 0. The molecule has 0 N–H and O–H groups in total. The lowest BCUT2D eigenvalue weighted by Gasteiger charge is -2.24. The van der Waals surface area contributed by atoms with E-state index >= 15 is 0 Å². The summed E-state index contributed by atoms with van der Waals surface area (Å²) in [5.74, 6) is 1.88. The van der Waals surface area contributed by atoms with Gasteiger partial charge in [0, 0.05) is 0 Å². The van der Waals surface area contributed by atoms with Crippen molar-refractivity contribution in [3.05, 3.63) is 6.42 Å². The van der Waals surface area contributed by atoms with Gasteiger partial charge in [0.05, 0.1) is 0 Å². The van der Waals surface area contributed by atoms with E-state index in [1.54, 1.807) is 0 Å². The van der Waals surface area contributed by atoms with Gasteiger partial charge in [0.2, 0.25) is 0 Å². The predicted molar refractivity (Wildman–Crippen MR) is 61.0 cm³/mol. The summed E-state index contributed by atoms with van der Waals surface area (Å²) in [6, 6.07) is 0. The Balaban J connectivity index is 1.83. The first-order chi connectivity index (χ1) is 6.97. The molecule has 0 heteroatoms. The Bertz CT molecular complexity index is 116. The van der Waals surface area contributed by atoms with Gasteiger partial charge in [-0.1, -0.05) is 57.8 Å². The van der Waals surface area contributed by atoms with Crippen LogP contribution in [0.1, 0.15) is 70.6 Å². The van der Waals surface area contributed by atoms with Gasteiger partial charge in [0.15, 0.2) is 0 Å². The predicted octanol–water partition coefficient (Wildman–Crippen LogP) is 4.62. The minimum Gasteiger partial charge on any atom is -0.0533 e. The van der Waals surface area contributed by atoms with Crippen molar-refractivity contribution in [2.75, 3.05) is 0 Å². The SMILES string of the molecule is [C]1CCCCCC1C1CCCCCC1. The molecule has 0 aromatic heterocycles. The van der Waals surface area contributed by atoms with Crippen LogP contribution in [0.3, 0.4) is 0 Å². The molecule has 1 unspecified atom stereocenters. The van der Waals surface area contributed by atoms with Gasteiger partial charge < -0.3 is 0 Å². The second-order valence-electron chi connectivity index (χ2n) is 5.16. The molecule has 0 amide bonds. The first-order valence-corrected chi connectivity index (χ1v) is 6.70. The Kier molecular flexibility index (Phi) is 4.34. The van der Waals surface area contributed by atoms with Crippen LogP contribution in [-0.4, -0.2) is 0 Å². The van der Waals surface area contributed by atoms with Gasteiger partial charge in [-0.3, -0.25) is 0 Å². The second kappa shape index (κ2) is 5.78. The van der Waals surface area contributed by atoms with Crippen molar-refractivity contribution in [1.82, 2.24) is 0 Å².